The molecule has 2 N–H and O–H groups in total. The Morgan fingerprint density at radius 2 is 2.00 bits per heavy atom. The summed E-state index contributed by atoms with van der Waals surface area (Å²) >= 11 is 0. The molecule has 0 aliphatic heterocycles. The monoisotopic (exact) mass is 215 g/mol. The van der Waals surface area contributed by atoms with Crippen molar-refractivity contribution in [3.63, 3.8) is 0 Å². The van der Waals surface area contributed by atoms with Crippen LogP contribution < -0.4 is 5.73 Å². The van der Waals surface area contributed by atoms with Gasteiger partial charge < -0.3 is 10.5 Å². The van der Waals surface area contributed by atoms with Gasteiger partial charge in [-0.25, -0.2) is 13.6 Å². The van der Waals surface area contributed by atoms with Gasteiger partial charge in [0, 0.05) is 0 Å². The van der Waals surface area contributed by atoms with Crippen molar-refractivity contribution in [2.24, 2.45) is 5.73 Å². The maximum absolute atomic E-state index is 12.4. The molecule has 0 heterocycles. The summed E-state index contributed by atoms with van der Waals surface area (Å²) in [6.45, 7) is 0. The van der Waals surface area contributed by atoms with E-state index in [-0.39, 0.29) is 11.1 Å². The minimum absolute atomic E-state index is 0.0767. The Labute approximate surface area is 85.8 Å². The molecule has 15 heavy (non-hydrogen) atoms. The van der Waals surface area contributed by atoms with Gasteiger partial charge in [0.2, 0.25) is 0 Å². The van der Waals surface area contributed by atoms with Crippen molar-refractivity contribution >= 4 is 5.97 Å². The third kappa shape index (κ3) is 2.50. The van der Waals surface area contributed by atoms with Crippen molar-refractivity contribution in [3.8, 4) is 0 Å². The molecule has 82 valence electrons. The lowest BCUT2D eigenvalue weighted by Crippen LogP contribution is -2.22. The first-order valence-corrected chi connectivity index (χ1v) is 4.29. The van der Waals surface area contributed by atoms with Gasteiger partial charge in [-0.15, -0.1) is 0 Å². The van der Waals surface area contributed by atoms with Gasteiger partial charge in [0.15, 0.2) is 0 Å². The van der Waals surface area contributed by atoms with Crippen molar-refractivity contribution in [3.05, 3.63) is 35.4 Å². The summed E-state index contributed by atoms with van der Waals surface area (Å²) in [4.78, 5) is 11.2. The van der Waals surface area contributed by atoms with Crippen LogP contribution in [0.25, 0.3) is 0 Å². The molecule has 1 aromatic rings. The Morgan fingerprint density at radius 1 is 1.40 bits per heavy atom. The van der Waals surface area contributed by atoms with Gasteiger partial charge in [0.05, 0.1) is 18.7 Å². The molecule has 0 aromatic heterocycles. The van der Waals surface area contributed by atoms with Crippen LogP contribution in [0.5, 0.6) is 0 Å². The highest BCUT2D eigenvalue weighted by Crippen LogP contribution is 2.22. The van der Waals surface area contributed by atoms with E-state index in [4.69, 9.17) is 5.73 Å². The minimum Gasteiger partial charge on any atom is -0.465 e. The van der Waals surface area contributed by atoms with Crippen LogP contribution in [-0.2, 0) is 4.74 Å². The van der Waals surface area contributed by atoms with Crippen molar-refractivity contribution in [2.75, 3.05) is 7.11 Å². The molecule has 0 aliphatic carbocycles. The number of hydrogen-bond acceptors (Lipinski definition) is 3. The van der Waals surface area contributed by atoms with Crippen molar-refractivity contribution in [2.45, 2.75) is 12.5 Å². The van der Waals surface area contributed by atoms with E-state index in [1.807, 2.05) is 0 Å². The van der Waals surface area contributed by atoms with E-state index in [1.54, 1.807) is 12.1 Å². The highest BCUT2D eigenvalue weighted by atomic mass is 19.3. The fourth-order valence-electron chi connectivity index (χ4n) is 1.22. The third-order valence-corrected chi connectivity index (χ3v) is 2.00. The number of esters is 1. The highest BCUT2D eigenvalue weighted by Gasteiger charge is 2.23. The first kappa shape index (κ1) is 11.6. The van der Waals surface area contributed by atoms with E-state index in [0.717, 1.165) is 0 Å². The summed E-state index contributed by atoms with van der Waals surface area (Å²) in [5.41, 5.74) is 5.45. The first-order chi connectivity index (χ1) is 7.07. The number of carbonyl (C=O) groups is 1. The average molecular weight is 215 g/mol. The smallest absolute Gasteiger partial charge is 0.338 e. The van der Waals surface area contributed by atoms with Crippen LogP contribution in [0.1, 0.15) is 22.0 Å². The van der Waals surface area contributed by atoms with Gasteiger partial charge >= 0.3 is 5.97 Å². The van der Waals surface area contributed by atoms with Crippen LogP contribution in [0.3, 0.4) is 0 Å². The summed E-state index contributed by atoms with van der Waals surface area (Å²) in [5, 5.41) is 0. The quantitative estimate of drug-likeness (QED) is 0.781. The zero-order chi connectivity index (χ0) is 11.4. The molecule has 1 aromatic carbocycles. The fraction of sp³-hybridized carbons (Fsp3) is 0.300. The topological polar surface area (TPSA) is 52.3 Å². The van der Waals surface area contributed by atoms with Crippen molar-refractivity contribution < 1.29 is 18.3 Å². The van der Waals surface area contributed by atoms with Crippen molar-refractivity contribution in [1.29, 1.82) is 0 Å². The number of rotatable bonds is 3. The summed E-state index contributed by atoms with van der Waals surface area (Å²) in [7, 11) is 1.19. The molecule has 0 radical (unpaired) electrons. The predicted octanol–water partition coefficient (Wildman–Crippen LogP) is 1.74. The number of halogens is 2. The molecule has 1 rings (SSSR count). The number of carbonyl (C=O) groups excluding carboxylic acids is 1. The van der Waals surface area contributed by atoms with E-state index >= 15 is 0 Å². The Hall–Kier alpha value is -1.49. The number of nitrogens with two attached hydrogens (primary N) is 1. The van der Waals surface area contributed by atoms with Crippen LogP contribution in [-0.4, -0.2) is 19.5 Å². The van der Waals surface area contributed by atoms with Gasteiger partial charge in [-0.3, -0.25) is 0 Å². The van der Waals surface area contributed by atoms with Crippen LogP contribution in [0.4, 0.5) is 8.78 Å². The van der Waals surface area contributed by atoms with Gasteiger partial charge in [-0.1, -0.05) is 18.2 Å². The number of hydrogen-bond donors (Lipinski definition) is 1. The first-order valence-electron chi connectivity index (χ1n) is 4.29. The molecule has 1 unspecified atom stereocenters. The zero-order valence-corrected chi connectivity index (χ0v) is 8.11. The van der Waals surface area contributed by atoms with Crippen molar-refractivity contribution in [1.82, 2.24) is 0 Å². The molecule has 0 aliphatic rings. The van der Waals surface area contributed by atoms with Crippen LogP contribution in [0.2, 0.25) is 0 Å². The lowest BCUT2D eigenvalue weighted by Gasteiger charge is -2.13. The maximum atomic E-state index is 12.4. The minimum atomic E-state index is -2.71. The standard InChI is InChI=1S/C10H11F2NO2/c1-15-10(14)7-5-3-2-4-6(7)8(13)9(11)12/h2-5,8-9H,13H2,1H3. The third-order valence-electron chi connectivity index (χ3n) is 2.00. The summed E-state index contributed by atoms with van der Waals surface area (Å²) in [6, 6.07) is 4.44. The number of alkyl halides is 2. The van der Waals surface area contributed by atoms with Crippen LogP contribution >= 0.6 is 0 Å². The zero-order valence-electron chi connectivity index (χ0n) is 8.11. The second-order valence-electron chi connectivity index (χ2n) is 2.94. The summed E-state index contributed by atoms with van der Waals surface area (Å²) in [6.07, 6.45) is -2.71. The molecule has 0 fully saturated rings. The Balaban J connectivity index is 3.11. The predicted molar refractivity (Wildman–Crippen MR) is 50.7 cm³/mol. The molecule has 5 heteroatoms. The number of ether oxygens (including phenoxy) is 1. The average Bonchev–Trinajstić information content (AvgIpc) is 2.27. The highest BCUT2D eigenvalue weighted by molar-refractivity contribution is 5.91. The second kappa shape index (κ2) is 4.84. The molecule has 0 amide bonds. The number of methoxy groups -OCH3 is 1. The van der Waals surface area contributed by atoms with E-state index in [1.165, 1.54) is 19.2 Å². The Kier molecular flexibility index (Phi) is 3.74. The van der Waals surface area contributed by atoms with Crippen LogP contribution in [0, 0.1) is 0 Å². The molecule has 0 bridgehead atoms. The van der Waals surface area contributed by atoms with Gasteiger partial charge in [0.25, 0.3) is 6.43 Å². The summed E-state index contributed by atoms with van der Waals surface area (Å²) in [5.74, 6) is -0.665. The van der Waals surface area contributed by atoms with E-state index in [0.29, 0.717) is 0 Å². The van der Waals surface area contributed by atoms with Gasteiger partial charge in [0.1, 0.15) is 0 Å². The van der Waals surface area contributed by atoms with E-state index in [2.05, 4.69) is 4.74 Å². The molecule has 1 atom stereocenters. The fourth-order valence-corrected chi connectivity index (χ4v) is 1.22. The largest absolute Gasteiger partial charge is 0.465 e. The molecule has 0 saturated carbocycles. The molecular formula is C10H11F2NO2. The van der Waals surface area contributed by atoms with E-state index in [9.17, 15) is 13.6 Å². The molecule has 0 spiro atoms. The van der Waals surface area contributed by atoms with Crippen LogP contribution in [0.15, 0.2) is 24.3 Å². The second-order valence-corrected chi connectivity index (χ2v) is 2.94. The lowest BCUT2D eigenvalue weighted by atomic mass is 10.0. The molecule has 0 saturated heterocycles. The maximum Gasteiger partial charge on any atom is 0.338 e. The van der Waals surface area contributed by atoms with Gasteiger partial charge in [-0.2, -0.15) is 0 Å². The lowest BCUT2D eigenvalue weighted by molar-refractivity contribution is 0.0595. The SMILES string of the molecule is COC(=O)c1ccccc1C(N)C(F)F. The molecule has 3 nitrogen and oxygen atoms in total. The molecular weight excluding hydrogens is 204 g/mol. The normalized spacial score (nSPS) is 12.6. The Bertz CT molecular complexity index is 355. The summed E-state index contributed by atoms with van der Waals surface area (Å²) < 4.78 is 29.2. The Morgan fingerprint density at radius 3 is 2.53 bits per heavy atom. The van der Waals surface area contributed by atoms with Gasteiger partial charge in [-0.05, 0) is 11.6 Å². The van der Waals surface area contributed by atoms with E-state index < -0.39 is 18.4 Å². The number of benzene rings is 1.